The lowest BCUT2D eigenvalue weighted by atomic mass is 10.1. The number of carboxylic acid groups (broad SMARTS) is 1. The number of aliphatic carboxylic acids is 1. The highest BCUT2D eigenvalue weighted by molar-refractivity contribution is 5.91. The second-order valence-corrected chi connectivity index (χ2v) is 6.29. The third kappa shape index (κ3) is 13.8. The van der Waals surface area contributed by atoms with E-state index in [1.165, 1.54) is 0 Å². The third-order valence-corrected chi connectivity index (χ3v) is 3.74. The van der Waals surface area contributed by atoms with Crippen LogP contribution in [0.2, 0.25) is 0 Å². The Morgan fingerprint density at radius 3 is 2.17 bits per heavy atom. The number of nitrogens with two attached hydrogens (primary N) is 4. The van der Waals surface area contributed by atoms with Crippen LogP contribution in [0.1, 0.15) is 32.1 Å². The monoisotopic (exact) mass is 416 g/mol. The van der Waals surface area contributed by atoms with E-state index in [1.807, 2.05) is 0 Å². The molecule has 0 saturated heterocycles. The molecule has 0 radical (unpaired) electrons. The molecule has 0 heterocycles. The lowest BCUT2D eigenvalue weighted by molar-refractivity contribution is -0.138. The molecule has 0 bridgehead atoms. The van der Waals surface area contributed by atoms with Crippen molar-refractivity contribution in [3.8, 4) is 0 Å². The molecule has 0 aliphatic heterocycles. The Morgan fingerprint density at radius 1 is 0.931 bits per heavy atom. The van der Waals surface area contributed by atoms with Crippen LogP contribution in [0.5, 0.6) is 0 Å². The first-order valence-electron chi connectivity index (χ1n) is 9.25. The summed E-state index contributed by atoms with van der Waals surface area (Å²) in [6.07, 6.45) is 2.41. The van der Waals surface area contributed by atoms with E-state index < -0.39 is 42.3 Å². The molecule has 0 aromatic carbocycles. The number of carbonyl (C=O) groups is 4. The van der Waals surface area contributed by atoms with E-state index in [9.17, 15) is 19.2 Å². The highest BCUT2D eigenvalue weighted by atomic mass is 16.4. The minimum Gasteiger partial charge on any atom is -0.480 e. The van der Waals surface area contributed by atoms with Gasteiger partial charge < -0.3 is 44.0 Å². The van der Waals surface area contributed by atoms with Crippen molar-refractivity contribution < 1.29 is 24.3 Å². The van der Waals surface area contributed by atoms with Crippen molar-refractivity contribution in [1.82, 2.24) is 16.0 Å². The van der Waals surface area contributed by atoms with Gasteiger partial charge in [-0.3, -0.25) is 24.2 Å². The number of unbranched alkanes of at least 4 members (excludes halogenated alkanes) is 1. The lowest BCUT2D eigenvalue weighted by Gasteiger charge is -2.18. The van der Waals surface area contributed by atoms with Crippen LogP contribution in [0, 0.1) is 0 Å². The van der Waals surface area contributed by atoms with E-state index in [0.717, 1.165) is 6.42 Å². The van der Waals surface area contributed by atoms with Crippen LogP contribution in [0.4, 0.5) is 0 Å². The van der Waals surface area contributed by atoms with Gasteiger partial charge in [-0.25, -0.2) is 0 Å². The van der Waals surface area contributed by atoms with E-state index in [0.29, 0.717) is 25.8 Å². The van der Waals surface area contributed by atoms with Crippen LogP contribution in [-0.4, -0.2) is 73.0 Å². The van der Waals surface area contributed by atoms with Crippen molar-refractivity contribution in [2.75, 3.05) is 26.2 Å². The van der Waals surface area contributed by atoms with Crippen LogP contribution in [0.25, 0.3) is 0 Å². The van der Waals surface area contributed by atoms with E-state index in [4.69, 9.17) is 28.0 Å². The van der Waals surface area contributed by atoms with Gasteiger partial charge in [0.2, 0.25) is 17.7 Å². The fourth-order valence-corrected chi connectivity index (χ4v) is 2.24. The maximum Gasteiger partial charge on any atom is 0.322 e. The van der Waals surface area contributed by atoms with Crippen LogP contribution in [0.15, 0.2) is 4.99 Å². The topological polar surface area (TPSA) is 241 Å². The molecule has 0 aromatic heterocycles. The van der Waals surface area contributed by atoms with Crippen molar-refractivity contribution in [2.24, 2.45) is 27.9 Å². The average Bonchev–Trinajstić information content (AvgIpc) is 2.66. The molecule has 3 amide bonds. The molecule has 12 N–H and O–H groups in total. The first kappa shape index (κ1) is 26.1. The molecule has 166 valence electrons. The predicted molar refractivity (Wildman–Crippen MR) is 106 cm³/mol. The molecular weight excluding hydrogens is 384 g/mol. The fraction of sp³-hybridized carbons (Fsp3) is 0.688. The lowest BCUT2D eigenvalue weighted by Crippen LogP contribution is -2.51. The van der Waals surface area contributed by atoms with Crippen LogP contribution in [-0.2, 0) is 19.2 Å². The standard InChI is InChI=1S/C16H32N8O5/c17-6-2-1-4-10(18)14(28)22-8-12(25)24-11(5-3-7-21-16(19)20)15(29)23-9-13(26)27/h10-11H,1-9,17-18H2,(H,22,28)(H,23,29)(H,24,25)(H,26,27)(H4,19,20,21). The third-order valence-electron chi connectivity index (χ3n) is 3.74. The van der Waals surface area contributed by atoms with E-state index >= 15 is 0 Å². The number of nitrogens with zero attached hydrogens (tertiary/aromatic N) is 1. The molecule has 0 fully saturated rings. The Balaban J connectivity index is 4.58. The first-order valence-corrected chi connectivity index (χ1v) is 9.25. The van der Waals surface area contributed by atoms with Gasteiger partial charge in [-0.1, -0.05) is 6.42 Å². The van der Waals surface area contributed by atoms with Crippen molar-refractivity contribution in [1.29, 1.82) is 0 Å². The summed E-state index contributed by atoms with van der Waals surface area (Å²) in [7, 11) is 0. The zero-order chi connectivity index (χ0) is 22.2. The van der Waals surface area contributed by atoms with Crippen LogP contribution >= 0.6 is 0 Å². The van der Waals surface area contributed by atoms with Gasteiger partial charge in [0.1, 0.15) is 12.6 Å². The Morgan fingerprint density at radius 2 is 1.59 bits per heavy atom. The zero-order valence-electron chi connectivity index (χ0n) is 16.4. The number of carbonyl (C=O) groups excluding carboxylic acids is 3. The Bertz CT molecular complexity index is 580. The van der Waals surface area contributed by atoms with Crippen LogP contribution < -0.4 is 38.9 Å². The highest BCUT2D eigenvalue weighted by Crippen LogP contribution is 2.00. The SMILES string of the molecule is NCCCCC(N)C(=O)NCC(=O)NC(CCCN=C(N)N)C(=O)NCC(=O)O. The zero-order valence-corrected chi connectivity index (χ0v) is 16.4. The predicted octanol–water partition coefficient (Wildman–Crippen LogP) is -3.70. The van der Waals surface area contributed by atoms with Crippen molar-refractivity contribution in [3.05, 3.63) is 0 Å². The van der Waals surface area contributed by atoms with Crippen LogP contribution in [0.3, 0.4) is 0 Å². The summed E-state index contributed by atoms with van der Waals surface area (Å²) in [5.41, 5.74) is 21.5. The highest BCUT2D eigenvalue weighted by Gasteiger charge is 2.21. The molecule has 0 saturated carbocycles. The molecule has 2 atom stereocenters. The van der Waals surface area contributed by atoms with Gasteiger partial charge in [-0.2, -0.15) is 0 Å². The summed E-state index contributed by atoms with van der Waals surface area (Å²) >= 11 is 0. The normalized spacial score (nSPS) is 12.3. The Hall–Kier alpha value is -2.93. The maximum absolute atomic E-state index is 12.1. The summed E-state index contributed by atoms with van der Waals surface area (Å²) < 4.78 is 0. The number of hydrogen-bond acceptors (Lipinski definition) is 7. The number of carboxylic acids is 1. The van der Waals surface area contributed by atoms with E-state index in [-0.39, 0.29) is 25.5 Å². The molecule has 13 nitrogen and oxygen atoms in total. The Labute approximate surface area is 169 Å². The van der Waals surface area contributed by atoms with Gasteiger partial charge in [-0.15, -0.1) is 0 Å². The molecule has 0 aliphatic carbocycles. The number of aliphatic imine (C=N–C) groups is 1. The van der Waals surface area contributed by atoms with E-state index in [2.05, 4.69) is 20.9 Å². The minimum atomic E-state index is -1.22. The number of guanidine groups is 1. The number of rotatable bonds is 15. The van der Waals surface area contributed by atoms with Gasteiger partial charge in [0.15, 0.2) is 5.96 Å². The van der Waals surface area contributed by atoms with E-state index in [1.54, 1.807) is 0 Å². The van der Waals surface area contributed by atoms with Crippen molar-refractivity contribution in [2.45, 2.75) is 44.2 Å². The van der Waals surface area contributed by atoms with Gasteiger partial charge in [0, 0.05) is 6.54 Å². The molecular formula is C16H32N8O5. The quantitative estimate of drug-likeness (QED) is 0.0742. The molecule has 2 unspecified atom stereocenters. The number of amides is 3. The fourth-order valence-electron chi connectivity index (χ4n) is 2.24. The van der Waals surface area contributed by atoms with Gasteiger partial charge in [0.05, 0.1) is 12.6 Å². The first-order chi connectivity index (χ1) is 13.7. The molecule has 0 spiro atoms. The molecule has 0 aliphatic rings. The maximum atomic E-state index is 12.1. The van der Waals surface area contributed by atoms with Gasteiger partial charge in [-0.05, 0) is 32.2 Å². The largest absolute Gasteiger partial charge is 0.480 e. The summed E-state index contributed by atoms with van der Waals surface area (Å²) in [4.78, 5) is 50.5. The van der Waals surface area contributed by atoms with Crippen molar-refractivity contribution >= 4 is 29.7 Å². The Kier molecular flexibility index (Phi) is 13.5. The molecule has 29 heavy (non-hydrogen) atoms. The smallest absolute Gasteiger partial charge is 0.322 e. The summed E-state index contributed by atoms with van der Waals surface area (Å²) in [6, 6.07) is -1.77. The average molecular weight is 416 g/mol. The number of nitrogens with one attached hydrogen (secondary N) is 3. The van der Waals surface area contributed by atoms with Crippen molar-refractivity contribution in [3.63, 3.8) is 0 Å². The summed E-state index contributed by atoms with van der Waals surface area (Å²) in [5.74, 6) is -3.11. The second-order valence-electron chi connectivity index (χ2n) is 6.29. The molecule has 0 rings (SSSR count). The van der Waals surface area contributed by atoms with Gasteiger partial charge >= 0.3 is 5.97 Å². The number of hydrogen-bond donors (Lipinski definition) is 8. The molecule has 13 heteroatoms. The summed E-state index contributed by atoms with van der Waals surface area (Å²) in [6.45, 7) is -0.228. The second kappa shape index (κ2) is 15.0. The van der Waals surface area contributed by atoms with Gasteiger partial charge in [0.25, 0.3) is 0 Å². The molecule has 0 aromatic rings. The summed E-state index contributed by atoms with van der Waals surface area (Å²) in [5, 5.41) is 15.7. The minimum absolute atomic E-state index is 0.105.